The molecule has 0 atom stereocenters. The average Bonchev–Trinajstić information content (AvgIpc) is 2.70. The Bertz CT molecular complexity index is 1280. The number of rotatable bonds is 5. The third-order valence-electron chi connectivity index (χ3n) is 4.31. The van der Waals surface area contributed by atoms with Crippen LogP contribution in [0.25, 0.3) is 10.9 Å². The number of hydrogen-bond acceptors (Lipinski definition) is 7. The van der Waals surface area contributed by atoms with E-state index in [9.17, 15) is 14.5 Å². The fraction of sp³-hybridized carbons (Fsp3) is 0.0500. The molecule has 0 aliphatic heterocycles. The monoisotopic (exact) mass is 424 g/mol. The van der Waals surface area contributed by atoms with Gasteiger partial charge in [-0.2, -0.15) is 0 Å². The van der Waals surface area contributed by atoms with Gasteiger partial charge in [0.25, 0.3) is 0 Å². The first kappa shape index (κ1) is 19.5. The summed E-state index contributed by atoms with van der Waals surface area (Å²) < 4.78 is 13.4. The SMILES string of the molecule is Cc1ccc2c(Nc3ncnc(Nc4ccc(F)c(Cl)c4)c3[N+](=O)[O-])cccc2n1. The molecule has 0 saturated carbocycles. The topological polar surface area (TPSA) is 106 Å². The summed E-state index contributed by atoms with van der Waals surface area (Å²) >= 11 is 5.79. The first-order chi connectivity index (χ1) is 14.4. The molecule has 150 valence electrons. The zero-order valence-corrected chi connectivity index (χ0v) is 16.3. The van der Waals surface area contributed by atoms with Crippen LogP contribution in [0.3, 0.4) is 0 Å². The van der Waals surface area contributed by atoms with Gasteiger partial charge < -0.3 is 10.6 Å². The summed E-state index contributed by atoms with van der Waals surface area (Å²) in [5, 5.41) is 18.3. The van der Waals surface area contributed by atoms with Crippen molar-refractivity contribution in [1.82, 2.24) is 15.0 Å². The van der Waals surface area contributed by atoms with Gasteiger partial charge in [0, 0.05) is 22.5 Å². The van der Waals surface area contributed by atoms with E-state index in [1.54, 1.807) is 12.1 Å². The Hall–Kier alpha value is -3.85. The number of aromatic nitrogens is 3. The summed E-state index contributed by atoms with van der Waals surface area (Å²) in [6.07, 6.45) is 1.19. The normalized spacial score (nSPS) is 10.8. The van der Waals surface area contributed by atoms with Crippen LogP contribution in [-0.2, 0) is 0 Å². The Kier molecular flexibility index (Phi) is 5.11. The molecule has 0 aliphatic carbocycles. The summed E-state index contributed by atoms with van der Waals surface area (Å²) in [5.74, 6) is -0.658. The molecule has 4 rings (SSSR count). The minimum Gasteiger partial charge on any atom is -0.334 e. The van der Waals surface area contributed by atoms with Gasteiger partial charge in [-0.1, -0.05) is 17.7 Å². The molecule has 2 N–H and O–H groups in total. The van der Waals surface area contributed by atoms with Gasteiger partial charge in [0.2, 0.25) is 11.6 Å². The van der Waals surface area contributed by atoms with Gasteiger partial charge in [-0.3, -0.25) is 15.1 Å². The summed E-state index contributed by atoms with van der Waals surface area (Å²) in [7, 11) is 0. The van der Waals surface area contributed by atoms with Crippen molar-refractivity contribution in [3.8, 4) is 0 Å². The van der Waals surface area contributed by atoms with Crippen molar-refractivity contribution in [3.63, 3.8) is 0 Å². The number of aryl methyl sites for hydroxylation is 1. The predicted octanol–water partition coefficient (Wildman–Crippen LogP) is 5.52. The average molecular weight is 425 g/mol. The van der Waals surface area contributed by atoms with Gasteiger partial charge in [-0.15, -0.1) is 0 Å². The maximum Gasteiger partial charge on any atom is 0.353 e. The molecule has 2 heterocycles. The number of halogens is 2. The fourth-order valence-electron chi connectivity index (χ4n) is 2.94. The third-order valence-corrected chi connectivity index (χ3v) is 4.60. The summed E-state index contributed by atoms with van der Waals surface area (Å²) in [6.45, 7) is 1.88. The van der Waals surface area contributed by atoms with Gasteiger partial charge in [0.15, 0.2) is 0 Å². The highest BCUT2D eigenvalue weighted by atomic mass is 35.5. The molecule has 0 spiro atoms. The van der Waals surface area contributed by atoms with Crippen LogP contribution in [0.5, 0.6) is 0 Å². The second-order valence-electron chi connectivity index (χ2n) is 6.38. The molecule has 4 aromatic rings. The van der Waals surface area contributed by atoms with E-state index in [0.717, 1.165) is 22.7 Å². The fourth-order valence-corrected chi connectivity index (χ4v) is 3.12. The van der Waals surface area contributed by atoms with Crippen LogP contribution in [0.15, 0.2) is 54.9 Å². The van der Waals surface area contributed by atoms with E-state index >= 15 is 0 Å². The van der Waals surface area contributed by atoms with E-state index < -0.39 is 10.7 Å². The van der Waals surface area contributed by atoms with Gasteiger partial charge in [-0.05, 0) is 49.4 Å². The number of nitro groups is 1. The summed E-state index contributed by atoms with van der Waals surface area (Å²) in [4.78, 5) is 23.7. The highest BCUT2D eigenvalue weighted by Crippen LogP contribution is 2.35. The number of nitrogens with zero attached hydrogens (tertiary/aromatic N) is 4. The largest absolute Gasteiger partial charge is 0.353 e. The molecule has 8 nitrogen and oxygen atoms in total. The summed E-state index contributed by atoms with van der Waals surface area (Å²) in [6, 6.07) is 13.0. The standard InChI is InChI=1S/C20H14ClFN6O2/c1-11-5-7-13-16(25-11)3-2-4-17(13)27-20-18(28(29)30)19(23-10-24-20)26-12-6-8-15(22)14(21)9-12/h2-10H,1H3,(H2,23,24,26,27). The van der Waals surface area contributed by atoms with E-state index in [2.05, 4.69) is 25.6 Å². The van der Waals surface area contributed by atoms with Crippen LogP contribution in [0.2, 0.25) is 5.02 Å². The number of benzene rings is 2. The maximum atomic E-state index is 13.4. The van der Waals surface area contributed by atoms with Crippen molar-refractivity contribution in [2.75, 3.05) is 10.6 Å². The molecular formula is C20H14ClFN6O2. The van der Waals surface area contributed by atoms with E-state index in [0.29, 0.717) is 11.4 Å². The minimum absolute atomic E-state index is 0.00113. The van der Waals surface area contributed by atoms with Gasteiger partial charge in [-0.25, -0.2) is 14.4 Å². The van der Waals surface area contributed by atoms with Crippen LogP contribution >= 0.6 is 11.6 Å². The van der Waals surface area contributed by atoms with Crippen LogP contribution in [-0.4, -0.2) is 19.9 Å². The van der Waals surface area contributed by atoms with Crippen molar-refractivity contribution in [2.24, 2.45) is 0 Å². The molecular weight excluding hydrogens is 411 g/mol. The molecule has 0 saturated heterocycles. The molecule has 10 heteroatoms. The number of fused-ring (bicyclic) bond motifs is 1. The summed E-state index contributed by atoms with van der Waals surface area (Å²) in [5.41, 5.74) is 2.19. The first-order valence-electron chi connectivity index (χ1n) is 8.77. The van der Waals surface area contributed by atoms with Crippen LogP contribution in [0.4, 0.5) is 33.1 Å². The number of hydrogen-bond donors (Lipinski definition) is 2. The van der Waals surface area contributed by atoms with E-state index in [-0.39, 0.29) is 22.3 Å². The Morgan fingerprint density at radius 2 is 1.83 bits per heavy atom. The van der Waals surface area contributed by atoms with Crippen LogP contribution in [0, 0.1) is 22.9 Å². The molecule has 2 aromatic heterocycles. The lowest BCUT2D eigenvalue weighted by Crippen LogP contribution is -2.06. The molecule has 30 heavy (non-hydrogen) atoms. The van der Waals surface area contributed by atoms with Gasteiger partial charge in [0.1, 0.15) is 12.1 Å². The van der Waals surface area contributed by atoms with E-state index in [1.165, 1.54) is 18.5 Å². The Morgan fingerprint density at radius 3 is 2.57 bits per heavy atom. The highest BCUT2D eigenvalue weighted by Gasteiger charge is 2.24. The molecule has 0 fully saturated rings. The lowest BCUT2D eigenvalue weighted by Gasteiger charge is -2.12. The van der Waals surface area contributed by atoms with Crippen molar-refractivity contribution in [1.29, 1.82) is 0 Å². The van der Waals surface area contributed by atoms with Gasteiger partial charge >= 0.3 is 5.69 Å². The zero-order valence-electron chi connectivity index (χ0n) is 15.6. The molecule has 2 aromatic carbocycles. The second kappa shape index (κ2) is 7.88. The quantitative estimate of drug-likeness (QED) is 0.321. The Morgan fingerprint density at radius 1 is 1.07 bits per heavy atom. The lowest BCUT2D eigenvalue weighted by molar-refractivity contribution is -0.383. The molecule has 0 amide bonds. The molecule has 0 aliphatic rings. The van der Waals surface area contributed by atoms with Crippen molar-refractivity contribution in [3.05, 3.63) is 81.5 Å². The first-order valence-corrected chi connectivity index (χ1v) is 9.15. The van der Waals surface area contributed by atoms with Crippen molar-refractivity contribution in [2.45, 2.75) is 6.92 Å². The van der Waals surface area contributed by atoms with E-state index in [4.69, 9.17) is 11.6 Å². The number of anilines is 4. The predicted molar refractivity (Wildman–Crippen MR) is 113 cm³/mol. The molecule has 0 unspecified atom stereocenters. The van der Waals surface area contributed by atoms with Crippen LogP contribution < -0.4 is 10.6 Å². The smallest absolute Gasteiger partial charge is 0.334 e. The lowest BCUT2D eigenvalue weighted by atomic mass is 10.1. The Labute approximate surface area is 174 Å². The number of nitrogens with one attached hydrogen (secondary N) is 2. The third kappa shape index (κ3) is 3.83. The molecule has 0 bridgehead atoms. The highest BCUT2D eigenvalue weighted by molar-refractivity contribution is 6.31. The second-order valence-corrected chi connectivity index (χ2v) is 6.79. The number of pyridine rings is 1. The minimum atomic E-state index is -0.596. The van der Waals surface area contributed by atoms with Crippen LogP contribution in [0.1, 0.15) is 5.69 Å². The zero-order chi connectivity index (χ0) is 21.3. The van der Waals surface area contributed by atoms with Gasteiger partial charge in [0.05, 0.1) is 15.5 Å². The van der Waals surface area contributed by atoms with Crippen molar-refractivity contribution < 1.29 is 9.31 Å². The van der Waals surface area contributed by atoms with Crippen molar-refractivity contribution >= 4 is 51.2 Å². The Balaban J connectivity index is 1.75. The van der Waals surface area contributed by atoms with E-state index in [1.807, 2.05) is 25.1 Å². The molecule has 0 radical (unpaired) electrons. The maximum absolute atomic E-state index is 13.4.